The van der Waals surface area contributed by atoms with Gasteiger partial charge in [-0.3, -0.25) is 19.7 Å². The number of hydrogen-bond donors (Lipinski definition) is 4. The van der Waals surface area contributed by atoms with Crippen LogP contribution in [0.25, 0.3) is 0 Å². The number of benzene rings is 1. The molecule has 118 valence electrons. The number of rotatable bonds is 2. The molecule has 0 saturated carbocycles. The number of nitrogens with two attached hydrogens (primary N) is 1. The van der Waals surface area contributed by atoms with Crippen LogP contribution in [-0.4, -0.2) is 30.8 Å². The lowest BCUT2D eigenvalue weighted by Crippen LogP contribution is -2.44. The van der Waals surface area contributed by atoms with Crippen molar-refractivity contribution in [2.45, 2.75) is 12.8 Å². The Bertz CT molecular complexity index is 600. The summed E-state index contributed by atoms with van der Waals surface area (Å²) in [6.45, 7) is 1.44. The maximum atomic E-state index is 11.9. The van der Waals surface area contributed by atoms with E-state index in [9.17, 15) is 14.4 Å². The quantitative estimate of drug-likeness (QED) is 0.467. The predicted octanol–water partition coefficient (Wildman–Crippen LogP) is 0.503. The third kappa shape index (κ3) is 4.19. The van der Waals surface area contributed by atoms with E-state index in [1.165, 1.54) is 12.1 Å². The van der Waals surface area contributed by atoms with Crippen LogP contribution in [0.4, 0.5) is 11.4 Å². The van der Waals surface area contributed by atoms with Crippen LogP contribution in [0.5, 0.6) is 0 Å². The number of hydrogen-bond acceptors (Lipinski definition) is 5. The molecule has 0 aromatic heterocycles. The Kier molecular flexibility index (Phi) is 5.35. The summed E-state index contributed by atoms with van der Waals surface area (Å²) in [6, 6.07) is 4.48. The molecule has 1 fully saturated rings. The minimum atomic E-state index is -1.00. The topological polar surface area (TPSA) is 113 Å². The highest BCUT2D eigenvalue weighted by Crippen LogP contribution is 2.23. The van der Waals surface area contributed by atoms with Gasteiger partial charge in [-0.2, -0.15) is 0 Å². The number of carbonyl (C=O) groups is 3. The first kappa shape index (κ1) is 16.3. The van der Waals surface area contributed by atoms with Crippen molar-refractivity contribution >= 4 is 40.7 Å². The zero-order chi connectivity index (χ0) is 16.1. The number of nitrogen functional groups attached to an aromatic ring is 1. The average Bonchev–Trinajstić information content (AvgIpc) is 2.50. The molecule has 0 spiro atoms. The first-order valence-electron chi connectivity index (χ1n) is 6.89. The fourth-order valence-electron chi connectivity index (χ4n) is 2.17. The predicted molar refractivity (Wildman–Crippen MR) is 83.2 cm³/mol. The molecule has 5 N–H and O–H groups in total. The number of carbonyl (C=O) groups excluding carboxylic acids is 3. The fourth-order valence-corrected chi connectivity index (χ4v) is 2.40. The third-order valence-electron chi connectivity index (χ3n) is 3.39. The lowest BCUT2D eigenvalue weighted by Gasteiger charge is -2.21. The minimum Gasteiger partial charge on any atom is -0.399 e. The molecule has 1 aromatic rings. The van der Waals surface area contributed by atoms with Crippen LogP contribution in [0.1, 0.15) is 12.8 Å². The second-order valence-corrected chi connectivity index (χ2v) is 5.44. The van der Waals surface area contributed by atoms with E-state index in [0.29, 0.717) is 18.5 Å². The van der Waals surface area contributed by atoms with E-state index < -0.39 is 17.7 Å². The van der Waals surface area contributed by atoms with Crippen molar-refractivity contribution in [3.8, 4) is 0 Å². The molecule has 8 heteroatoms. The number of halogens is 1. The van der Waals surface area contributed by atoms with E-state index in [2.05, 4.69) is 16.0 Å². The molecule has 3 amide bonds. The minimum absolute atomic E-state index is 0.214. The van der Waals surface area contributed by atoms with Crippen LogP contribution in [-0.2, 0) is 14.4 Å². The highest BCUT2D eigenvalue weighted by Gasteiger charge is 2.25. The molecule has 7 nitrogen and oxygen atoms in total. The fraction of sp³-hybridized carbons (Fsp3) is 0.357. The molecule has 0 bridgehead atoms. The average molecular weight is 325 g/mol. The maximum absolute atomic E-state index is 11.9. The number of amides is 3. The van der Waals surface area contributed by atoms with Crippen molar-refractivity contribution in [2.24, 2.45) is 5.92 Å². The molecule has 0 aliphatic carbocycles. The molecule has 1 saturated heterocycles. The van der Waals surface area contributed by atoms with Gasteiger partial charge in [0.15, 0.2) is 0 Å². The van der Waals surface area contributed by atoms with Crippen molar-refractivity contribution in [1.29, 1.82) is 0 Å². The SMILES string of the molecule is Nc1ccc(NC(=O)C(=O)NC(=O)C2CCNCC2)c(Cl)c1. The lowest BCUT2D eigenvalue weighted by atomic mass is 9.97. The standard InChI is InChI=1S/C14H17ClN4O3/c15-10-7-9(16)1-2-11(10)18-13(21)14(22)19-12(20)8-3-5-17-6-4-8/h1-2,7-8,17H,3-6,16H2,(H,18,21)(H,19,20,22). The van der Waals surface area contributed by atoms with Gasteiger partial charge in [-0.15, -0.1) is 0 Å². The Labute approximate surface area is 132 Å². The van der Waals surface area contributed by atoms with Crippen LogP contribution in [0, 0.1) is 5.92 Å². The van der Waals surface area contributed by atoms with Gasteiger partial charge in [0.2, 0.25) is 5.91 Å². The molecule has 0 atom stereocenters. The Morgan fingerprint density at radius 1 is 1.18 bits per heavy atom. The van der Waals surface area contributed by atoms with E-state index >= 15 is 0 Å². The molecule has 1 aliphatic rings. The summed E-state index contributed by atoms with van der Waals surface area (Å²) in [5.74, 6) is -2.63. The van der Waals surface area contributed by atoms with Crippen LogP contribution in [0.2, 0.25) is 5.02 Å². The van der Waals surface area contributed by atoms with Gasteiger partial charge in [0, 0.05) is 11.6 Å². The van der Waals surface area contributed by atoms with E-state index in [-0.39, 0.29) is 16.6 Å². The summed E-state index contributed by atoms with van der Waals surface area (Å²) in [4.78, 5) is 35.4. The van der Waals surface area contributed by atoms with E-state index in [0.717, 1.165) is 13.1 Å². The van der Waals surface area contributed by atoms with Crippen molar-refractivity contribution in [3.63, 3.8) is 0 Å². The normalized spacial score (nSPS) is 15.1. The van der Waals surface area contributed by atoms with Gasteiger partial charge in [-0.05, 0) is 44.1 Å². The van der Waals surface area contributed by atoms with Gasteiger partial charge in [0.05, 0.1) is 10.7 Å². The molecular weight excluding hydrogens is 308 g/mol. The highest BCUT2D eigenvalue weighted by atomic mass is 35.5. The summed E-state index contributed by atoms with van der Waals surface area (Å²) in [5.41, 5.74) is 6.23. The molecule has 0 unspecified atom stereocenters. The maximum Gasteiger partial charge on any atom is 0.316 e. The van der Waals surface area contributed by atoms with Gasteiger partial charge in [-0.1, -0.05) is 11.6 Å². The summed E-state index contributed by atoms with van der Waals surface area (Å²) < 4.78 is 0. The summed E-state index contributed by atoms with van der Waals surface area (Å²) in [7, 11) is 0. The highest BCUT2D eigenvalue weighted by molar-refractivity contribution is 6.43. The molecular formula is C14H17ClN4O3. The molecule has 2 rings (SSSR count). The van der Waals surface area contributed by atoms with Crippen LogP contribution < -0.4 is 21.7 Å². The van der Waals surface area contributed by atoms with Crippen molar-refractivity contribution in [3.05, 3.63) is 23.2 Å². The molecule has 1 heterocycles. The van der Waals surface area contributed by atoms with Gasteiger partial charge >= 0.3 is 11.8 Å². The number of nitrogens with one attached hydrogen (secondary N) is 3. The Hall–Kier alpha value is -2.12. The van der Waals surface area contributed by atoms with Gasteiger partial charge in [0.1, 0.15) is 0 Å². The largest absolute Gasteiger partial charge is 0.399 e. The molecule has 1 aliphatic heterocycles. The Morgan fingerprint density at radius 2 is 1.86 bits per heavy atom. The zero-order valence-corrected chi connectivity index (χ0v) is 12.6. The van der Waals surface area contributed by atoms with Crippen LogP contribution in [0.3, 0.4) is 0 Å². The number of anilines is 2. The van der Waals surface area contributed by atoms with Crippen LogP contribution in [0.15, 0.2) is 18.2 Å². The van der Waals surface area contributed by atoms with E-state index in [1.54, 1.807) is 6.07 Å². The summed E-state index contributed by atoms with van der Waals surface area (Å²) >= 11 is 5.91. The second kappa shape index (κ2) is 7.24. The first-order valence-corrected chi connectivity index (χ1v) is 7.27. The Morgan fingerprint density at radius 3 is 2.50 bits per heavy atom. The number of piperidine rings is 1. The molecule has 1 aromatic carbocycles. The van der Waals surface area contributed by atoms with E-state index in [4.69, 9.17) is 17.3 Å². The van der Waals surface area contributed by atoms with Crippen LogP contribution >= 0.6 is 11.6 Å². The van der Waals surface area contributed by atoms with Crippen molar-refractivity contribution in [2.75, 3.05) is 24.1 Å². The summed E-state index contributed by atoms with van der Waals surface area (Å²) in [6.07, 6.45) is 1.29. The van der Waals surface area contributed by atoms with Crippen molar-refractivity contribution < 1.29 is 14.4 Å². The Balaban J connectivity index is 1.91. The van der Waals surface area contributed by atoms with E-state index in [1.807, 2.05) is 0 Å². The lowest BCUT2D eigenvalue weighted by molar-refractivity contribution is -0.141. The smallest absolute Gasteiger partial charge is 0.316 e. The summed E-state index contributed by atoms with van der Waals surface area (Å²) in [5, 5.41) is 7.79. The number of imide groups is 1. The molecule has 22 heavy (non-hydrogen) atoms. The molecule has 0 radical (unpaired) electrons. The third-order valence-corrected chi connectivity index (χ3v) is 3.71. The van der Waals surface area contributed by atoms with Gasteiger partial charge in [0.25, 0.3) is 0 Å². The monoisotopic (exact) mass is 324 g/mol. The van der Waals surface area contributed by atoms with Gasteiger partial charge in [-0.25, -0.2) is 0 Å². The van der Waals surface area contributed by atoms with Gasteiger partial charge < -0.3 is 16.4 Å². The first-order chi connectivity index (χ1) is 10.5. The van der Waals surface area contributed by atoms with Crippen molar-refractivity contribution in [1.82, 2.24) is 10.6 Å². The second-order valence-electron chi connectivity index (χ2n) is 5.04. The zero-order valence-electron chi connectivity index (χ0n) is 11.8.